The average Bonchev–Trinajstić information content (AvgIpc) is 2.38. The molecule has 2 N–H and O–H groups in total. The molecule has 104 valence electrons. The van der Waals surface area contributed by atoms with Gasteiger partial charge in [0.25, 0.3) is 5.91 Å². The Morgan fingerprint density at radius 2 is 1.95 bits per heavy atom. The standard InChI is InChI=1S/C17H20N2O/c1-12-4-3-5-15(10-12)11-14-6-8-16(9-7-14)17(20)19-13(2)18/h6-11H,3-5H2,1-2H3,(H2,18,19,20)/b15-11-. The Kier molecular flexibility index (Phi) is 4.51. The van der Waals surface area contributed by atoms with Crippen molar-refractivity contribution in [2.75, 3.05) is 0 Å². The average molecular weight is 268 g/mol. The number of aliphatic imine (C=N–C) groups is 1. The van der Waals surface area contributed by atoms with Gasteiger partial charge in [0, 0.05) is 5.56 Å². The van der Waals surface area contributed by atoms with Crippen LogP contribution in [0.4, 0.5) is 0 Å². The highest BCUT2D eigenvalue weighted by Crippen LogP contribution is 2.23. The number of hydrogen-bond donors (Lipinski definition) is 1. The lowest BCUT2D eigenvalue weighted by molar-refractivity contribution is 0.100. The summed E-state index contributed by atoms with van der Waals surface area (Å²) >= 11 is 0. The summed E-state index contributed by atoms with van der Waals surface area (Å²) in [5, 5.41) is 0. The van der Waals surface area contributed by atoms with E-state index in [2.05, 4.69) is 24.1 Å². The van der Waals surface area contributed by atoms with Crippen LogP contribution in [0.25, 0.3) is 6.08 Å². The number of amides is 1. The van der Waals surface area contributed by atoms with E-state index < -0.39 is 0 Å². The minimum absolute atomic E-state index is 0.281. The summed E-state index contributed by atoms with van der Waals surface area (Å²) in [6.07, 6.45) is 7.96. The second-order valence-corrected chi connectivity index (χ2v) is 5.24. The van der Waals surface area contributed by atoms with Gasteiger partial charge in [-0.05, 0) is 56.4 Å². The van der Waals surface area contributed by atoms with Gasteiger partial charge in [-0.1, -0.05) is 29.9 Å². The van der Waals surface area contributed by atoms with Gasteiger partial charge in [0.1, 0.15) is 5.84 Å². The number of amidine groups is 1. The zero-order valence-electron chi connectivity index (χ0n) is 12.0. The molecule has 0 saturated heterocycles. The van der Waals surface area contributed by atoms with E-state index in [0.717, 1.165) is 12.0 Å². The largest absolute Gasteiger partial charge is 0.387 e. The molecule has 0 unspecified atom stereocenters. The Morgan fingerprint density at radius 3 is 2.55 bits per heavy atom. The SMILES string of the molecule is CC1=C/C(=C\c2ccc(C(=O)N=C(C)N)cc2)CCC1. The highest BCUT2D eigenvalue weighted by molar-refractivity contribution is 6.02. The first-order valence-corrected chi connectivity index (χ1v) is 6.87. The molecule has 0 saturated carbocycles. The van der Waals surface area contributed by atoms with Gasteiger partial charge in [-0.25, -0.2) is 0 Å². The molecular formula is C17H20N2O. The van der Waals surface area contributed by atoms with Crippen molar-refractivity contribution in [1.82, 2.24) is 0 Å². The van der Waals surface area contributed by atoms with Crippen LogP contribution >= 0.6 is 0 Å². The van der Waals surface area contributed by atoms with E-state index in [1.54, 1.807) is 19.1 Å². The van der Waals surface area contributed by atoms with Crippen LogP contribution in [0.1, 0.15) is 49.0 Å². The number of nitrogens with zero attached hydrogens (tertiary/aromatic N) is 1. The minimum atomic E-state index is -0.294. The normalized spacial score (nSPS) is 18.0. The molecule has 0 atom stereocenters. The van der Waals surface area contributed by atoms with Crippen molar-refractivity contribution in [2.24, 2.45) is 10.7 Å². The van der Waals surface area contributed by atoms with Gasteiger partial charge in [-0.15, -0.1) is 0 Å². The Bertz CT molecular complexity index is 588. The topological polar surface area (TPSA) is 55.5 Å². The van der Waals surface area contributed by atoms with Crippen LogP contribution in [-0.4, -0.2) is 11.7 Å². The van der Waals surface area contributed by atoms with Gasteiger partial charge in [-0.3, -0.25) is 4.79 Å². The quantitative estimate of drug-likeness (QED) is 0.656. The number of carbonyl (C=O) groups is 1. The molecule has 20 heavy (non-hydrogen) atoms. The summed E-state index contributed by atoms with van der Waals surface area (Å²) < 4.78 is 0. The van der Waals surface area contributed by atoms with E-state index in [9.17, 15) is 4.79 Å². The van der Waals surface area contributed by atoms with E-state index in [1.807, 2.05) is 12.1 Å². The van der Waals surface area contributed by atoms with Gasteiger partial charge >= 0.3 is 0 Å². The van der Waals surface area contributed by atoms with E-state index in [4.69, 9.17) is 5.73 Å². The smallest absolute Gasteiger partial charge is 0.278 e. The first kappa shape index (κ1) is 14.3. The minimum Gasteiger partial charge on any atom is -0.387 e. The Hall–Kier alpha value is -2.16. The first-order chi connectivity index (χ1) is 9.54. The fourth-order valence-electron chi connectivity index (χ4n) is 2.31. The van der Waals surface area contributed by atoms with Crippen LogP contribution in [0.15, 0.2) is 46.5 Å². The summed E-state index contributed by atoms with van der Waals surface area (Å²) in [6, 6.07) is 7.47. The van der Waals surface area contributed by atoms with E-state index in [-0.39, 0.29) is 11.7 Å². The fraction of sp³-hybridized carbons (Fsp3) is 0.294. The molecule has 0 radical (unpaired) electrons. The predicted octanol–water partition coefficient (Wildman–Crippen LogP) is 3.72. The summed E-state index contributed by atoms with van der Waals surface area (Å²) in [5.41, 5.74) is 9.86. The maximum absolute atomic E-state index is 11.7. The van der Waals surface area contributed by atoms with Gasteiger partial charge in [0.05, 0.1) is 0 Å². The van der Waals surface area contributed by atoms with Crippen molar-refractivity contribution in [2.45, 2.75) is 33.1 Å². The molecule has 1 aromatic rings. The molecule has 2 rings (SSSR count). The van der Waals surface area contributed by atoms with E-state index >= 15 is 0 Å². The second kappa shape index (κ2) is 6.33. The number of rotatable bonds is 2. The number of hydrogen-bond acceptors (Lipinski definition) is 1. The lowest BCUT2D eigenvalue weighted by Gasteiger charge is -2.11. The summed E-state index contributed by atoms with van der Waals surface area (Å²) in [5.74, 6) is -0.0124. The van der Waals surface area contributed by atoms with Crippen LogP contribution in [0.5, 0.6) is 0 Å². The molecule has 3 nitrogen and oxygen atoms in total. The molecule has 0 bridgehead atoms. The Morgan fingerprint density at radius 1 is 1.25 bits per heavy atom. The van der Waals surface area contributed by atoms with Crippen LogP contribution < -0.4 is 5.73 Å². The molecular weight excluding hydrogens is 248 g/mol. The summed E-state index contributed by atoms with van der Waals surface area (Å²) in [6.45, 7) is 3.77. The third kappa shape index (κ3) is 3.92. The molecule has 0 aliphatic heterocycles. The first-order valence-electron chi connectivity index (χ1n) is 6.87. The highest BCUT2D eigenvalue weighted by atomic mass is 16.1. The van der Waals surface area contributed by atoms with Crippen molar-refractivity contribution in [3.05, 3.63) is 52.6 Å². The van der Waals surface area contributed by atoms with E-state index in [1.165, 1.54) is 24.0 Å². The molecule has 0 spiro atoms. The van der Waals surface area contributed by atoms with Crippen molar-refractivity contribution in [3.63, 3.8) is 0 Å². The Labute approximate surface area is 119 Å². The molecule has 1 aromatic carbocycles. The lowest BCUT2D eigenvalue weighted by Crippen LogP contribution is -2.09. The molecule has 0 aromatic heterocycles. The lowest BCUT2D eigenvalue weighted by atomic mass is 9.94. The summed E-state index contributed by atoms with van der Waals surface area (Å²) in [4.78, 5) is 15.4. The molecule has 1 aliphatic rings. The van der Waals surface area contributed by atoms with Crippen molar-refractivity contribution < 1.29 is 4.79 Å². The fourth-order valence-corrected chi connectivity index (χ4v) is 2.31. The van der Waals surface area contributed by atoms with Crippen LogP contribution in [0.2, 0.25) is 0 Å². The number of nitrogens with two attached hydrogens (primary N) is 1. The monoisotopic (exact) mass is 268 g/mol. The van der Waals surface area contributed by atoms with Crippen molar-refractivity contribution >= 4 is 17.8 Å². The van der Waals surface area contributed by atoms with E-state index in [0.29, 0.717) is 5.56 Å². The third-order valence-electron chi connectivity index (χ3n) is 3.26. The van der Waals surface area contributed by atoms with Gasteiger partial charge in [-0.2, -0.15) is 4.99 Å². The van der Waals surface area contributed by atoms with Crippen LogP contribution in [-0.2, 0) is 0 Å². The predicted molar refractivity (Wildman–Crippen MR) is 83.7 cm³/mol. The zero-order valence-corrected chi connectivity index (χ0v) is 12.0. The zero-order chi connectivity index (χ0) is 14.5. The maximum Gasteiger partial charge on any atom is 0.278 e. The molecule has 0 heterocycles. The molecule has 3 heteroatoms. The van der Waals surface area contributed by atoms with Gasteiger partial charge in [0.15, 0.2) is 0 Å². The van der Waals surface area contributed by atoms with Gasteiger partial charge in [0.2, 0.25) is 0 Å². The molecule has 0 fully saturated rings. The summed E-state index contributed by atoms with van der Waals surface area (Å²) in [7, 11) is 0. The maximum atomic E-state index is 11.7. The second-order valence-electron chi connectivity index (χ2n) is 5.24. The molecule has 1 amide bonds. The Balaban J connectivity index is 2.17. The third-order valence-corrected chi connectivity index (χ3v) is 3.26. The number of benzene rings is 1. The van der Waals surface area contributed by atoms with Crippen LogP contribution in [0, 0.1) is 0 Å². The van der Waals surface area contributed by atoms with Crippen molar-refractivity contribution in [3.8, 4) is 0 Å². The number of carbonyl (C=O) groups excluding carboxylic acids is 1. The van der Waals surface area contributed by atoms with Crippen LogP contribution in [0.3, 0.4) is 0 Å². The highest BCUT2D eigenvalue weighted by Gasteiger charge is 2.05. The van der Waals surface area contributed by atoms with Gasteiger partial charge < -0.3 is 5.73 Å². The molecule has 1 aliphatic carbocycles. The van der Waals surface area contributed by atoms with Crippen molar-refractivity contribution in [1.29, 1.82) is 0 Å². The number of allylic oxidation sites excluding steroid dienone is 3.